The molecule has 0 spiro atoms. The summed E-state index contributed by atoms with van der Waals surface area (Å²) in [6, 6.07) is 0. The van der Waals surface area contributed by atoms with Gasteiger partial charge in [-0.1, -0.05) is 26.7 Å². The molecule has 0 radical (unpaired) electrons. The van der Waals surface area contributed by atoms with E-state index in [0.717, 1.165) is 38.6 Å². The van der Waals surface area contributed by atoms with Gasteiger partial charge in [-0.25, -0.2) is 0 Å². The molecule has 0 heterocycles. The minimum atomic E-state index is 0.639. The van der Waals surface area contributed by atoms with Gasteiger partial charge in [0, 0.05) is 19.0 Å². The maximum atomic E-state index is 5.59. The highest BCUT2D eigenvalue weighted by Gasteiger charge is 1.93. The lowest BCUT2D eigenvalue weighted by molar-refractivity contribution is 0.112. The number of alkyl halides is 1. The fourth-order valence-corrected chi connectivity index (χ4v) is 1.48. The van der Waals surface area contributed by atoms with Gasteiger partial charge in [0.25, 0.3) is 0 Å². The monoisotopic (exact) mass is 235 g/mol. The molecular formula is C12H26ClNO. The Morgan fingerprint density at radius 2 is 1.80 bits per heavy atom. The van der Waals surface area contributed by atoms with E-state index in [0.29, 0.717) is 5.92 Å². The molecule has 0 saturated carbocycles. The predicted molar refractivity (Wildman–Crippen MR) is 67.7 cm³/mol. The summed E-state index contributed by atoms with van der Waals surface area (Å²) in [4.78, 5) is 0. The van der Waals surface area contributed by atoms with Gasteiger partial charge in [0.1, 0.15) is 0 Å². The highest BCUT2D eigenvalue weighted by Crippen LogP contribution is 1.99. The molecule has 0 atom stereocenters. The molecule has 0 bridgehead atoms. The van der Waals surface area contributed by atoms with Gasteiger partial charge >= 0.3 is 0 Å². The molecule has 0 unspecified atom stereocenters. The zero-order valence-electron chi connectivity index (χ0n) is 10.2. The molecule has 0 aromatic carbocycles. The maximum Gasteiger partial charge on any atom is 0.0591 e. The van der Waals surface area contributed by atoms with Crippen molar-refractivity contribution in [2.75, 3.05) is 32.2 Å². The van der Waals surface area contributed by atoms with Crippen molar-refractivity contribution in [2.45, 2.75) is 39.5 Å². The summed E-state index contributed by atoms with van der Waals surface area (Å²) in [6.45, 7) is 8.13. The minimum absolute atomic E-state index is 0.639. The van der Waals surface area contributed by atoms with Gasteiger partial charge in [0.2, 0.25) is 0 Å². The first-order valence-electron chi connectivity index (χ1n) is 6.11. The molecule has 0 aliphatic rings. The van der Waals surface area contributed by atoms with E-state index in [1.54, 1.807) is 0 Å². The number of nitrogens with one attached hydrogen (secondary N) is 1. The molecular weight excluding hydrogens is 210 g/mol. The summed E-state index contributed by atoms with van der Waals surface area (Å²) in [5, 5.41) is 3.38. The molecule has 0 fully saturated rings. The minimum Gasteiger partial charge on any atom is -0.380 e. The smallest absolute Gasteiger partial charge is 0.0591 e. The van der Waals surface area contributed by atoms with Crippen molar-refractivity contribution >= 4 is 11.6 Å². The average Bonchev–Trinajstić information content (AvgIpc) is 2.20. The van der Waals surface area contributed by atoms with Crippen LogP contribution in [0.1, 0.15) is 39.5 Å². The number of hydrogen-bond acceptors (Lipinski definition) is 2. The van der Waals surface area contributed by atoms with Gasteiger partial charge in [-0.05, 0) is 25.3 Å². The molecule has 15 heavy (non-hydrogen) atoms. The van der Waals surface area contributed by atoms with Crippen molar-refractivity contribution < 1.29 is 4.74 Å². The van der Waals surface area contributed by atoms with Crippen molar-refractivity contribution in [2.24, 2.45) is 5.92 Å². The van der Waals surface area contributed by atoms with Crippen LogP contribution >= 0.6 is 11.6 Å². The molecule has 0 rings (SSSR count). The molecule has 0 aliphatic heterocycles. The number of ether oxygens (including phenoxy) is 1. The van der Waals surface area contributed by atoms with Crippen molar-refractivity contribution in [3.63, 3.8) is 0 Å². The Morgan fingerprint density at radius 3 is 2.47 bits per heavy atom. The van der Waals surface area contributed by atoms with Gasteiger partial charge in [-0.15, -0.1) is 11.6 Å². The number of halogens is 1. The molecule has 2 nitrogen and oxygen atoms in total. The molecule has 3 heteroatoms. The van der Waals surface area contributed by atoms with E-state index in [9.17, 15) is 0 Å². The van der Waals surface area contributed by atoms with E-state index in [1.165, 1.54) is 19.3 Å². The number of unbranched alkanes of at least 4 members (excludes halogenated alkanes) is 3. The fourth-order valence-electron chi connectivity index (χ4n) is 1.29. The highest BCUT2D eigenvalue weighted by atomic mass is 35.5. The van der Waals surface area contributed by atoms with Crippen LogP contribution < -0.4 is 5.32 Å². The molecule has 0 saturated heterocycles. The zero-order valence-corrected chi connectivity index (χ0v) is 11.0. The Hall–Kier alpha value is 0.210. The van der Waals surface area contributed by atoms with E-state index in [2.05, 4.69) is 19.2 Å². The third-order valence-electron chi connectivity index (χ3n) is 2.11. The average molecular weight is 236 g/mol. The standard InChI is InChI=1S/C12H26ClNO/c1-12(2)11-15-10-9-14-8-6-4-3-5-7-13/h12,14H,3-11H2,1-2H3. The van der Waals surface area contributed by atoms with Crippen LogP contribution in [0.2, 0.25) is 0 Å². The van der Waals surface area contributed by atoms with Crippen LogP contribution in [0.4, 0.5) is 0 Å². The normalized spacial score (nSPS) is 11.2. The Labute approximate surface area is 99.7 Å². The van der Waals surface area contributed by atoms with Gasteiger partial charge in [-0.2, -0.15) is 0 Å². The van der Waals surface area contributed by atoms with Crippen molar-refractivity contribution in [3.8, 4) is 0 Å². The van der Waals surface area contributed by atoms with Crippen LogP contribution in [0.3, 0.4) is 0 Å². The summed E-state index contributed by atoms with van der Waals surface area (Å²) in [5.74, 6) is 1.44. The highest BCUT2D eigenvalue weighted by molar-refractivity contribution is 6.17. The molecule has 0 amide bonds. The van der Waals surface area contributed by atoms with Crippen LogP contribution in [0.5, 0.6) is 0 Å². The van der Waals surface area contributed by atoms with Crippen LogP contribution in [0.15, 0.2) is 0 Å². The first-order chi connectivity index (χ1) is 7.27. The third-order valence-corrected chi connectivity index (χ3v) is 2.38. The van der Waals surface area contributed by atoms with Crippen molar-refractivity contribution in [3.05, 3.63) is 0 Å². The molecule has 0 aromatic rings. The third kappa shape index (κ3) is 14.2. The second-order valence-corrected chi connectivity index (χ2v) is 4.70. The molecule has 92 valence electrons. The molecule has 0 aliphatic carbocycles. The number of rotatable bonds is 11. The lowest BCUT2D eigenvalue weighted by Crippen LogP contribution is -2.21. The van der Waals surface area contributed by atoms with E-state index >= 15 is 0 Å². The first kappa shape index (κ1) is 15.2. The Morgan fingerprint density at radius 1 is 1.07 bits per heavy atom. The Kier molecular flexibility index (Phi) is 12.5. The van der Waals surface area contributed by atoms with Gasteiger partial charge < -0.3 is 10.1 Å². The largest absolute Gasteiger partial charge is 0.380 e. The second kappa shape index (κ2) is 12.3. The maximum absolute atomic E-state index is 5.59. The summed E-state index contributed by atoms with van der Waals surface area (Å²) in [7, 11) is 0. The van der Waals surface area contributed by atoms with E-state index < -0.39 is 0 Å². The lowest BCUT2D eigenvalue weighted by atomic mass is 10.2. The topological polar surface area (TPSA) is 21.3 Å². The Bertz CT molecular complexity index is 120. The molecule has 0 aromatic heterocycles. The SMILES string of the molecule is CC(C)COCCNCCCCCCCl. The van der Waals surface area contributed by atoms with Crippen molar-refractivity contribution in [1.29, 1.82) is 0 Å². The summed E-state index contributed by atoms with van der Waals surface area (Å²) in [6.07, 6.45) is 4.95. The fraction of sp³-hybridized carbons (Fsp3) is 1.00. The second-order valence-electron chi connectivity index (χ2n) is 4.32. The van der Waals surface area contributed by atoms with Crippen molar-refractivity contribution in [1.82, 2.24) is 5.32 Å². The van der Waals surface area contributed by atoms with Crippen LogP contribution in [0.25, 0.3) is 0 Å². The van der Waals surface area contributed by atoms with Crippen LogP contribution in [0, 0.1) is 5.92 Å². The van der Waals surface area contributed by atoms with Gasteiger partial charge in [0.05, 0.1) is 6.61 Å². The van der Waals surface area contributed by atoms with Crippen LogP contribution in [-0.2, 0) is 4.74 Å². The van der Waals surface area contributed by atoms with E-state index in [-0.39, 0.29) is 0 Å². The summed E-state index contributed by atoms with van der Waals surface area (Å²) in [5.41, 5.74) is 0. The first-order valence-corrected chi connectivity index (χ1v) is 6.65. The zero-order chi connectivity index (χ0) is 11.4. The Balaban J connectivity index is 2.87. The summed E-state index contributed by atoms with van der Waals surface area (Å²) >= 11 is 5.59. The predicted octanol–water partition coefficient (Wildman–Crippen LogP) is 3.05. The van der Waals surface area contributed by atoms with Crippen LogP contribution in [-0.4, -0.2) is 32.2 Å². The van der Waals surface area contributed by atoms with Gasteiger partial charge in [-0.3, -0.25) is 0 Å². The lowest BCUT2D eigenvalue weighted by Gasteiger charge is -2.07. The van der Waals surface area contributed by atoms with E-state index in [1.807, 2.05) is 0 Å². The van der Waals surface area contributed by atoms with E-state index in [4.69, 9.17) is 16.3 Å². The summed E-state index contributed by atoms with van der Waals surface area (Å²) < 4.78 is 5.46. The molecule has 1 N–H and O–H groups in total. The number of hydrogen-bond donors (Lipinski definition) is 1. The van der Waals surface area contributed by atoms with Gasteiger partial charge in [0.15, 0.2) is 0 Å². The quantitative estimate of drug-likeness (QED) is 0.439.